The minimum Gasteiger partial charge on any atom is -0.313 e. The molecule has 7 aromatic rings. The normalized spacial score (nSPS) is 19.7. The highest BCUT2D eigenvalue weighted by molar-refractivity contribution is 6.22. The van der Waals surface area contributed by atoms with Crippen molar-refractivity contribution in [3.8, 4) is 11.1 Å². The molecule has 0 aliphatic heterocycles. The largest absolute Gasteiger partial charge is 0.313 e. The molecular formula is C54H44N2. The van der Waals surface area contributed by atoms with Gasteiger partial charge < -0.3 is 9.13 Å². The minimum atomic E-state index is 0.405. The van der Waals surface area contributed by atoms with E-state index in [4.69, 9.17) is 0 Å². The van der Waals surface area contributed by atoms with E-state index in [1.165, 1.54) is 88.4 Å². The van der Waals surface area contributed by atoms with Gasteiger partial charge >= 0.3 is 0 Å². The van der Waals surface area contributed by atoms with E-state index in [0.717, 1.165) is 38.5 Å². The molecule has 4 aliphatic carbocycles. The number of hydrogen-bond donors (Lipinski definition) is 0. The first kappa shape index (κ1) is 33.0. The van der Waals surface area contributed by atoms with Crippen molar-refractivity contribution in [2.75, 3.05) is 0 Å². The number of allylic oxidation sites excluding steroid dienone is 16. The number of fused-ring (bicyclic) bond motifs is 6. The summed E-state index contributed by atoms with van der Waals surface area (Å²) >= 11 is 0. The van der Waals surface area contributed by atoms with E-state index >= 15 is 0 Å². The molecule has 2 atom stereocenters. The van der Waals surface area contributed by atoms with Crippen molar-refractivity contribution < 1.29 is 0 Å². The molecule has 2 unspecified atom stereocenters. The van der Waals surface area contributed by atoms with E-state index in [1.54, 1.807) is 0 Å². The average Bonchev–Trinajstić information content (AvgIpc) is 3.81. The molecule has 0 fully saturated rings. The number of nitrogens with zero attached hydrogens (tertiary/aromatic N) is 2. The Morgan fingerprint density at radius 3 is 1.79 bits per heavy atom. The summed E-state index contributed by atoms with van der Waals surface area (Å²) in [6.45, 7) is 0. The molecule has 2 heterocycles. The zero-order chi connectivity index (χ0) is 37.0. The van der Waals surface area contributed by atoms with Crippen LogP contribution in [-0.2, 0) is 0 Å². The summed E-state index contributed by atoms with van der Waals surface area (Å²) in [6.07, 6.45) is 32.2. The van der Waals surface area contributed by atoms with Gasteiger partial charge in [0.05, 0.1) is 22.1 Å². The summed E-state index contributed by atoms with van der Waals surface area (Å²) in [5.74, 6) is 0.880. The quantitative estimate of drug-likeness (QED) is 0.162. The fourth-order valence-electron chi connectivity index (χ4n) is 10.0. The van der Waals surface area contributed by atoms with Crippen molar-refractivity contribution in [2.24, 2.45) is 11.8 Å². The lowest BCUT2D eigenvalue weighted by molar-refractivity contribution is 0.480. The van der Waals surface area contributed by atoms with Crippen molar-refractivity contribution in [1.29, 1.82) is 0 Å². The van der Waals surface area contributed by atoms with Gasteiger partial charge in [-0.1, -0.05) is 146 Å². The smallest absolute Gasteiger partial charge is 0.0544 e. The van der Waals surface area contributed by atoms with Crippen LogP contribution < -0.4 is 0 Å². The maximum atomic E-state index is 2.58. The summed E-state index contributed by atoms with van der Waals surface area (Å²) in [7, 11) is 0. The van der Waals surface area contributed by atoms with Gasteiger partial charge in [-0.3, -0.25) is 0 Å². The second-order valence-corrected chi connectivity index (χ2v) is 15.8. The van der Waals surface area contributed by atoms with Crippen LogP contribution >= 0.6 is 0 Å². The molecule has 0 spiro atoms. The van der Waals surface area contributed by atoms with Gasteiger partial charge in [0.25, 0.3) is 0 Å². The number of hydrogen-bond acceptors (Lipinski definition) is 0. The molecule has 2 aromatic heterocycles. The van der Waals surface area contributed by atoms with E-state index in [0.29, 0.717) is 11.8 Å². The van der Waals surface area contributed by atoms with Crippen LogP contribution in [0.2, 0.25) is 0 Å². The van der Waals surface area contributed by atoms with Crippen LogP contribution in [0, 0.1) is 11.8 Å². The standard InChI is InChI=1S/C54H44N2/c1-4-16-37(17-5-1)40-30-32-43(33-31-40)55-49-26-12-10-22-47(49)53-45(24-14-28-51(53)55)46-25-15-29-52-54(46)48-23-11-13-27-50(48)56(52)44-35-41(38-18-6-2-7-19-38)34-42(36-44)39-20-8-3-9-21-39/h1-4,6-16,18-20,22-30,32,34-35,39,42H,5,17,21,31,33,36H2. The number of rotatable bonds is 6. The molecule has 11 rings (SSSR count). The first-order chi connectivity index (χ1) is 27.8. The van der Waals surface area contributed by atoms with E-state index in [2.05, 4.69) is 191 Å². The fourth-order valence-corrected chi connectivity index (χ4v) is 10.0. The van der Waals surface area contributed by atoms with E-state index in [1.807, 2.05) is 0 Å². The number of benzene rings is 5. The molecule has 0 bridgehead atoms. The van der Waals surface area contributed by atoms with E-state index in [-0.39, 0.29) is 0 Å². The molecule has 56 heavy (non-hydrogen) atoms. The monoisotopic (exact) mass is 720 g/mol. The predicted octanol–water partition coefficient (Wildman–Crippen LogP) is 14.5. The average molecular weight is 721 g/mol. The molecule has 270 valence electrons. The Kier molecular flexibility index (Phi) is 8.09. The lowest BCUT2D eigenvalue weighted by Gasteiger charge is -2.29. The Bertz CT molecular complexity index is 2960. The van der Waals surface area contributed by atoms with Gasteiger partial charge in [-0.25, -0.2) is 0 Å². The molecule has 0 saturated carbocycles. The van der Waals surface area contributed by atoms with Crippen molar-refractivity contribution >= 4 is 60.6 Å². The van der Waals surface area contributed by atoms with Gasteiger partial charge in [0, 0.05) is 32.9 Å². The van der Waals surface area contributed by atoms with Crippen LogP contribution in [0.1, 0.15) is 44.1 Å². The highest BCUT2D eigenvalue weighted by atomic mass is 15.0. The van der Waals surface area contributed by atoms with Crippen LogP contribution in [0.25, 0.3) is 71.7 Å². The SMILES string of the molecule is C1=CCCC(C2=CC=C(n3c4ccccc4c4c(-c5cccc6c5c5ccccc5n6C5=CC(c6ccccc6)=CC(C6C=CC=CC6)C5)cccc43)CC2)=C1. The van der Waals surface area contributed by atoms with Gasteiger partial charge in [-0.15, -0.1) is 0 Å². The Morgan fingerprint density at radius 1 is 0.482 bits per heavy atom. The number of para-hydroxylation sites is 2. The third-order valence-electron chi connectivity index (χ3n) is 12.6. The summed E-state index contributed by atoms with van der Waals surface area (Å²) in [4.78, 5) is 0. The van der Waals surface area contributed by atoms with Gasteiger partial charge in [0.2, 0.25) is 0 Å². The zero-order valence-electron chi connectivity index (χ0n) is 31.6. The van der Waals surface area contributed by atoms with Crippen molar-refractivity contribution in [3.05, 3.63) is 199 Å². The second kappa shape index (κ2) is 13.7. The fraction of sp³-hybridized carbons (Fsp3) is 0.148. The van der Waals surface area contributed by atoms with Crippen molar-refractivity contribution in [3.63, 3.8) is 0 Å². The third kappa shape index (κ3) is 5.46. The van der Waals surface area contributed by atoms with Crippen LogP contribution in [-0.4, -0.2) is 9.13 Å². The van der Waals surface area contributed by atoms with Gasteiger partial charge in [-0.2, -0.15) is 0 Å². The maximum Gasteiger partial charge on any atom is 0.0544 e. The van der Waals surface area contributed by atoms with Crippen molar-refractivity contribution in [2.45, 2.75) is 38.5 Å². The van der Waals surface area contributed by atoms with Gasteiger partial charge in [-0.05, 0) is 120 Å². The summed E-state index contributed by atoms with van der Waals surface area (Å²) < 4.78 is 5.12. The first-order valence-corrected chi connectivity index (χ1v) is 20.4. The minimum absolute atomic E-state index is 0.405. The van der Waals surface area contributed by atoms with E-state index in [9.17, 15) is 0 Å². The van der Waals surface area contributed by atoms with Gasteiger partial charge in [0.15, 0.2) is 0 Å². The molecule has 2 nitrogen and oxygen atoms in total. The molecule has 0 N–H and O–H groups in total. The summed E-state index contributed by atoms with van der Waals surface area (Å²) in [5, 5.41) is 5.25. The zero-order valence-corrected chi connectivity index (χ0v) is 31.6. The molecule has 4 aliphatic rings. The lowest BCUT2D eigenvalue weighted by Crippen LogP contribution is -2.17. The first-order valence-electron chi connectivity index (χ1n) is 20.4. The highest BCUT2D eigenvalue weighted by Crippen LogP contribution is 2.46. The molecule has 5 aromatic carbocycles. The third-order valence-corrected chi connectivity index (χ3v) is 12.6. The Hall–Kier alpha value is -6.38. The van der Waals surface area contributed by atoms with E-state index < -0.39 is 0 Å². The molecule has 0 radical (unpaired) electrons. The second-order valence-electron chi connectivity index (χ2n) is 15.8. The Morgan fingerprint density at radius 2 is 1.14 bits per heavy atom. The number of aromatic nitrogens is 2. The molecule has 0 saturated heterocycles. The molecule has 0 amide bonds. The topological polar surface area (TPSA) is 9.86 Å². The van der Waals surface area contributed by atoms with Crippen LogP contribution in [0.5, 0.6) is 0 Å². The predicted molar refractivity (Wildman–Crippen MR) is 239 cm³/mol. The Balaban J connectivity index is 1.10. The lowest BCUT2D eigenvalue weighted by atomic mass is 9.79. The summed E-state index contributed by atoms with van der Waals surface area (Å²) in [6, 6.07) is 43.0. The van der Waals surface area contributed by atoms with Gasteiger partial charge in [0.1, 0.15) is 0 Å². The molecular weight excluding hydrogens is 677 g/mol. The maximum absolute atomic E-state index is 2.58. The van der Waals surface area contributed by atoms with Crippen LogP contribution in [0.15, 0.2) is 193 Å². The van der Waals surface area contributed by atoms with Crippen LogP contribution in [0.4, 0.5) is 0 Å². The van der Waals surface area contributed by atoms with Crippen LogP contribution in [0.3, 0.4) is 0 Å². The summed E-state index contributed by atoms with van der Waals surface area (Å²) in [5.41, 5.74) is 15.9. The highest BCUT2D eigenvalue weighted by Gasteiger charge is 2.27. The molecule has 2 heteroatoms. The van der Waals surface area contributed by atoms with Crippen molar-refractivity contribution in [1.82, 2.24) is 9.13 Å². The Labute approximate surface area is 328 Å².